The summed E-state index contributed by atoms with van der Waals surface area (Å²) in [5.74, 6) is -0.158. The first-order valence-corrected chi connectivity index (χ1v) is 9.79. The Morgan fingerprint density at radius 3 is 2.65 bits per heavy atom. The maximum Gasteiger partial charge on any atom is 0.287 e. The summed E-state index contributed by atoms with van der Waals surface area (Å²) in [6, 6.07) is 14.4. The molecule has 1 aromatic heterocycles. The zero-order chi connectivity index (χ0) is 22.2. The number of carbonyl (C=O) groups is 2. The fourth-order valence-corrected chi connectivity index (χ4v) is 3.04. The molecular weight excluding hydrogens is 420 g/mol. The van der Waals surface area contributed by atoms with Crippen LogP contribution in [0, 0.1) is 0 Å². The van der Waals surface area contributed by atoms with E-state index in [-0.39, 0.29) is 5.69 Å². The van der Waals surface area contributed by atoms with Crippen molar-refractivity contribution < 1.29 is 19.1 Å². The summed E-state index contributed by atoms with van der Waals surface area (Å²) in [4.78, 5) is 24.3. The van der Waals surface area contributed by atoms with Crippen molar-refractivity contribution in [3.63, 3.8) is 0 Å². The minimum absolute atomic E-state index is 0.214. The minimum atomic E-state index is -0.527. The van der Waals surface area contributed by atoms with Gasteiger partial charge in [-0.25, -0.2) is 0 Å². The van der Waals surface area contributed by atoms with Gasteiger partial charge in [-0.1, -0.05) is 41.9 Å². The van der Waals surface area contributed by atoms with Gasteiger partial charge in [-0.2, -0.15) is 5.10 Å². The molecule has 2 amide bonds. The molecule has 0 atom stereocenters. The van der Waals surface area contributed by atoms with Gasteiger partial charge in [0.05, 0.1) is 24.4 Å². The molecule has 0 aliphatic heterocycles. The first-order valence-electron chi connectivity index (χ1n) is 9.41. The van der Waals surface area contributed by atoms with Crippen LogP contribution in [0.5, 0.6) is 11.5 Å². The van der Waals surface area contributed by atoms with E-state index in [1.54, 1.807) is 24.3 Å². The van der Waals surface area contributed by atoms with Crippen LogP contribution in [0.3, 0.4) is 0 Å². The van der Waals surface area contributed by atoms with Crippen LogP contribution in [0.2, 0.25) is 5.02 Å². The van der Waals surface area contributed by atoms with Gasteiger partial charge in [0.25, 0.3) is 11.8 Å². The zero-order valence-electron chi connectivity index (χ0n) is 16.9. The highest BCUT2D eigenvalue weighted by Gasteiger charge is 2.12. The van der Waals surface area contributed by atoms with Crippen LogP contribution in [0.1, 0.15) is 23.0 Å². The van der Waals surface area contributed by atoms with Crippen LogP contribution >= 0.6 is 11.6 Å². The Hall–Kier alpha value is -3.78. The Balaban J connectivity index is 1.59. The van der Waals surface area contributed by atoms with E-state index in [1.807, 2.05) is 37.3 Å². The second-order valence-corrected chi connectivity index (χ2v) is 6.68. The number of rotatable bonds is 7. The summed E-state index contributed by atoms with van der Waals surface area (Å²) in [5, 5.41) is 7.11. The van der Waals surface area contributed by atoms with Crippen LogP contribution < -0.4 is 20.3 Å². The first-order chi connectivity index (χ1) is 15.0. The number of ether oxygens (including phenoxy) is 2. The number of hydrogen-bond acceptors (Lipinski definition) is 5. The quantitative estimate of drug-likeness (QED) is 0.384. The maximum absolute atomic E-state index is 12.2. The van der Waals surface area contributed by atoms with Crippen molar-refractivity contribution in [2.24, 2.45) is 0 Å². The van der Waals surface area contributed by atoms with Gasteiger partial charge in [0.1, 0.15) is 5.69 Å². The summed E-state index contributed by atoms with van der Waals surface area (Å²) >= 11 is 6.20. The molecule has 8 nitrogen and oxygen atoms in total. The maximum atomic E-state index is 12.2. The van der Waals surface area contributed by atoms with Crippen LogP contribution in [0.4, 0.5) is 0 Å². The topological polar surface area (TPSA) is 105 Å². The van der Waals surface area contributed by atoms with E-state index in [0.29, 0.717) is 34.4 Å². The SMILES string of the molecule is CCOc1cc(/C=C/C(=O)NNC(=O)c2cc(-c3ccccc3)n[nH]2)cc(Cl)c1OC. The van der Waals surface area contributed by atoms with Crippen LogP contribution in [0.15, 0.2) is 54.6 Å². The van der Waals surface area contributed by atoms with Gasteiger partial charge in [0.2, 0.25) is 0 Å². The molecule has 9 heteroatoms. The lowest BCUT2D eigenvalue weighted by atomic mass is 10.1. The molecule has 0 fully saturated rings. The highest BCUT2D eigenvalue weighted by atomic mass is 35.5. The zero-order valence-corrected chi connectivity index (χ0v) is 17.7. The molecule has 0 spiro atoms. The number of benzene rings is 2. The van der Waals surface area contributed by atoms with Crippen molar-refractivity contribution >= 4 is 29.5 Å². The molecular formula is C22H21ClN4O4. The van der Waals surface area contributed by atoms with Crippen molar-refractivity contribution in [1.29, 1.82) is 0 Å². The van der Waals surface area contributed by atoms with Gasteiger partial charge in [-0.05, 0) is 36.8 Å². The number of H-pyrrole nitrogens is 1. The Morgan fingerprint density at radius 2 is 1.94 bits per heavy atom. The fraction of sp³-hybridized carbons (Fsp3) is 0.136. The average molecular weight is 441 g/mol. The van der Waals surface area contributed by atoms with Crippen molar-refractivity contribution in [3.05, 3.63) is 70.9 Å². The van der Waals surface area contributed by atoms with Crippen LogP contribution in [-0.2, 0) is 4.79 Å². The molecule has 2 aromatic carbocycles. The number of aromatic nitrogens is 2. The lowest BCUT2D eigenvalue weighted by Crippen LogP contribution is -2.40. The molecule has 0 aliphatic rings. The van der Waals surface area contributed by atoms with E-state index in [4.69, 9.17) is 21.1 Å². The smallest absolute Gasteiger partial charge is 0.287 e. The lowest BCUT2D eigenvalue weighted by molar-refractivity contribution is -0.117. The molecule has 31 heavy (non-hydrogen) atoms. The summed E-state index contributed by atoms with van der Waals surface area (Å²) in [7, 11) is 1.50. The number of aromatic amines is 1. The summed E-state index contributed by atoms with van der Waals surface area (Å²) in [5.41, 5.74) is 6.99. The number of nitrogens with one attached hydrogen (secondary N) is 3. The predicted octanol–water partition coefficient (Wildman–Crippen LogP) is 3.61. The van der Waals surface area contributed by atoms with Crippen molar-refractivity contribution in [2.75, 3.05) is 13.7 Å². The van der Waals surface area contributed by atoms with E-state index in [0.717, 1.165) is 5.56 Å². The molecule has 1 heterocycles. The summed E-state index contributed by atoms with van der Waals surface area (Å²) < 4.78 is 10.7. The molecule has 0 unspecified atom stereocenters. The number of halogens is 1. The third-order valence-electron chi connectivity index (χ3n) is 4.15. The Labute approximate surface area is 184 Å². The van der Waals surface area contributed by atoms with E-state index in [1.165, 1.54) is 13.2 Å². The van der Waals surface area contributed by atoms with Gasteiger partial charge < -0.3 is 9.47 Å². The van der Waals surface area contributed by atoms with Gasteiger partial charge in [0.15, 0.2) is 11.5 Å². The lowest BCUT2D eigenvalue weighted by Gasteiger charge is -2.11. The van der Waals surface area contributed by atoms with Crippen LogP contribution in [-0.4, -0.2) is 35.7 Å². The van der Waals surface area contributed by atoms with Crippen molar-refractivity contribution in [3.8, 4) is 22.8 Å². The predicted molar refractivity (Wildman–Crippen MR) is 118 cm³/mol. The number of methoxy groups -OCH3 is 1. The van der Waals surface area contributed by atoms with E-state index in [2.05, 4.69) is 21.0 Å². The molecule has 160 valence electrons. The second kappa shape index (κ2) is 10.3. The Kier molecular flexibility index (Phi) is 7.29. The number of hydrogen-bond donors (Lipinski definition) is 3. The summed E-state index contributed by atoms with van der Waals surface area (Å²) in [6.45, 7) is 2.28. The Bertz CT molecular complexity index is 1100. The minimum Gasteiger partial charge on any atom is -0.491 e. The molecule has 3 aromatic rings. The summed E-state index contributed by atoms with van der Waals surface area (Å²) in [6.07, 6.45) is 2.80. The molecule has 0 aliphatic carbocycles. The van der Waals surface area contributed by atoms with Gasteiger partial charge >= 0.3 is 0 Å². The molecule has 0 saturated carbocycles. The monoisotopic (exact) mass is 440 g/mol. The normalized spacial score (nSPS) is 10.7. The molecule has 0 saturated heterocycles. The van der Waals surface area contributed by atoms with Gasteiger partial charge in [-0.3, -0.25) is 25.5 Å². The van der Waals surface area contributed by atoms with E-state index in [9.17, 15) is 9.59 Å². The molecule has 3 N–H and O–H groups in total. The average Bonchev–Trinajstić information content (AvgIpc) is 3.27. The third kappa shape index (κ3) is 5.64. The van der Waals surface area contributed by atoms with Gasteiger partial charge in [-0.15, -0.1) is 0 Å². The number of hydrazine groups is 1. The van der Waals surface area contributed by atoms with Crippen LogP contribution in [0.25, 0.3) is 17.3 Å². The number of nitrogens with zero attached hydrogens (tertiary/aromatic N) is 1. The highest BCUT2D eigenvalue weighted by molar-refractivity contribution is 6.32. The number of amides is 2. The Morgan fingerprint density at radius 1 is 1.16 bits per heavy atom. The molecule has 0 radical (unpaired) electrons. The fourth-order valence-electron chi connectivity index (χ4n) is 2.74. The number of carbonyl (C=O) groups excluding carboxylic acids is 2. The van der Waals surface area contributed by atoms with Crippen molar-refractivity contribution in [2.45, 2.75) is 6.92 Å². The van der Waals surface area contributed by atoms with Gasteiger partial charge in [0, 0.05) is 11.6 Å². The highest BCUT2D eigenvalue weighted by Crippen LogP contribution is 2.36. The molecule has 0 bridgehead atoms. The standard InChI is InChI=1S/C22H21ClN4O4/c1-3-31-19-12-14(11-16(23)21(19)30-2)9-10-20(28)26-27-22(29)18-13-17(24-25-18)15-7-5-4-6-8-15/h4-13H,3H2,1-2H3,(H,24,25)(H,26,28)(H,27,29)/b10-9+. The first kappa shape index (κ1) is 21.9. The van der Waals surface area contributed by atoms with Crippen molar-refractivity contribution in [1.82, 2.24) is 21.0 Å². The molecule has 3 rings (SSSR count). The largest absolute Gasteiger partial charge is 0.491 e. The van der Waals surface area contributed by atoms with E-state index < -0.39 is 11.8 Å². The van der Waals surface area contributed by atoms with E-state index >= 15 is 0 Å². The second-order valence-electron chi connectivity index (χ2n) is 6.28. The third-order valence-corrected chi connectivity index (χ3v) is 4.44.